The lowest BCUT2D eigenvalue weighted by molar-refractivity contribution is -0.00451. The van der Waals surface area contributed by atoms with Crippen LogP contribution in [0.15, 0.2) is 119 Å². The van der Waals surface area contributed by atoms with Gasteiger partial charge in [-0.1, -0.05) is 164 Å². The van der Waals surface area contributed by atoms with E-state index in [2.05, 4.69) is 169 Å². The van der Waals surface area contributed by atoms with E-state index in [1.54, 1.807) is 17.0 Å². The average Bonchev–Trinajstić information content (AvgIpc) is 3.67. The quantitative estimate of drug-likeness (QED) is 0.236. The molecular weight excluding hydrogens is 859 g/mol. The van der Waals surface area contributed by atoms with E-state index in [1.165, 1.54) is 134 Å². The molecule has 0 radical (unpaired) electrons. The number of hydrogen-bond acceptors (Lipinski definition) is 3. The molecule has 386 valence electrons. The monoisotopic (exact) mass is 958 g/mol. The minimum atomic E-state index is 0.0776. The maximum Gasteiger partial charge on any atom is 0.0511 e. The average molecular weight is 959 g/mol. The van der Waals surface area contributed by atoms with Crippen molar-refractivity contribution in [1.82, 2.24) is 14.7 Å². The van der Waals surface area contributed by atoms with Gasteiger partial charge in [0.15, 0.2) is 0 Å². The molecule has 0 amide bonds. The van der Waals surface area contributed by atoms with Crippen molar-refractivity contribution in [2.75, 3.05) is 0 Å². The normalized spacial score (nSPS) is 36.4. The molecule has 3 heteroatoms. The number of nitrogens with zero attached hydrogens (tertiary/aromatic N) is 3. The highest BCUT2D eigenvalue weighted by Gasteiger charge is 2.66. The smallest absolute Gasteiger partial charge is 0.0511 e. The number of fused-ring (bicyclic) bond motifs is 4. The molecule has 0 aromatic rings. The van der Waals surface area contributed by atoms with Crippen LogP contribution in [0.5, 0.6) is 0 Å². The molecule has 2 saturated carbocycles. The Kier molecular flexibility index (Phi) is 13.4. The summed E-state index contributed by atoms with van der Waals surface area (Å²) in [6.07, 6.45) is 66.6. The Hall–Kier alpha value is -3.04. The van der Waals surface area contributed by atoms with Crippen LogP contribution in [0.3, 0.4) is 0 Å². The second-order valence-electron chi connectivity index (χ2n) is 28.6. The van der Waals surface area contributed by atoms with Gasteiger partial charge in [0.05, 0.1) is 6.04 Å². The van der Waals surface area contributed by atoms with Crippen LogP contribution in [-0.2, 0) is 0 Å². The summed E-state index contributed by atoms with van der Waals surface area (Å²) in [5.41, 5.74) is 11.3. The molecule has 0 aromatic heterocycles. The van der Waals surface area contributed by atoms with Crippen LogP contribution in [0.4, 0.5) is 0 Å². The molecule has 9 atom stereocenters. The molecule has 11 aliphatic rings. The lowest BCUT2D eigenvalue weighted by Gasteiger charge is -2.54. The summed E-state index contributed by atoms with van der Waals surface area (Å²) in [5.74, 6) is 2.72. The lowest BCUT2D eigenvalue weighted by atomic mass is 9.56. The van der Waals surface area contributed by atoms with Crippen molar-refractivity contribution in [1.29, 1.82) is 0 Å². The molecular formula is C68H99N3. The second-order valence-corrected chi connectivity index (χ2v) is 28.6. The van der Waals surface area contributed by atoms with E-state index >= 15 is 0 Å². The first kappa shape index (κ1) is 50.1. The van der Waals surface area contributed by atoms with Gasteiger partial charge in [-0.05, 0) is 182 Å². The molecule has 2 heterocycles. The topological polar surface area (TPSA) is 9.72 Å². The van der Waals surface area contributed by atoms with Gasteiger partial charge in [-0.25, -0.2) is 0 Å². The predicted molar refractivity (Wildman–Crippen MR) is 302 cm³/mol. The SMILES string of the molecule is CC(C)(C)C1=CCC(N(C2=CC=C(C(C)(C)C)CC2)C2CC(N3C4CCC(C5CC=CCC5)=CC4C4(CCCCC4)C3(C)C)=CC(N3C4CCC(C5C=CC=CC5)C=C4C4(CCCCC4)C3(C)C)C2)C=C1. The molecule has 9 aliphatic carbocycles. The molecule has 4 fully saturated rings. The summed E-state index contributed by atoms with van der Waals surface area (Å²) in [4.78, 5) is 9.56. The Bertz CT molecular complexity index is 2320. The lowest BCUT2D eigenvalue weighted by Crippen LogP contribution is -2.59. The van der Waals surface area contributed by atoms with E-state index < -0.39 is 0 Å². The zero-order valence-corrected chi connectivity index (χ0v) is 46.9. The van der Waals surface area contributed by atoms with Crippen molar-refractivity contribution in [2.24, 2.45) is 45.3 Å². The van der Waals surface area contributed by atoms with Gasteiger partial charge in [-0.3, -0.25) is 4.90 Å². The number of rotatable bonds is 7. The molecule has 9 unspecified atom stereocenters. The first-order valence-electron chi connectivity index (χ1n) is 30.2. The highest BCUT2D eigenvalue weighted by atomic mass is 15.3. The summed E-state index contributed by atoms with van der Waals surface area (Å²) in [6, 6.07) is 2.31. The highest BCUT2D eigenvalue weighted by Crippen LogP contribution is 2.66. The van der Waals surface area contributed by atoms with Gasteiger partial charge in [-0.15, -0.1) is 0 Å². The summed E-state index contributed by atoms with van der Waals surface area (Å²) in [7, 11) is 0. The van der Waals surface area contributed by atoms with Crippen LogP contribution in [-0.4, -0.2) is 56.0 Å². The van der Waals surface area contributed by atoms with Crippen molar-refractivity contribution in [2.45, 2.75) is 258 Å². The Balaban J connectivity index is 1.05. The molecule has 2 aliphatic heterocycles. The molecule has 0 bridgehead atoms. The van der Waals surface area contributed by atoms with Crippen molar-refractivity contribution < 1.29 is 0 Å². The summed E-state index contributed by atoms with van der Waals surface area (Å²) < 4.78 is 0. The van der Waals surface area contributed by atoms with E-state index in [4.69, 9.17) is 0 Å². The van der Waals surface area contributed by atoms with E-state index in [9.17, 15) is 0 Å². The van der Waals surface area contributed by atoms with Crippen LogP contribution in [0.25, 0.3) is 0 Å². The minimum Gasteiger partial charge on any atom is -0.366 e. The van der Waals surface area contributed by atoms with Crippen molar-refractivity contribution in [3.05, 3.63) is 119 Å². The van der Waals surface area contributed by atoms with Gasteiger partial charge in [0.25, 0.3) is 0 Å². The van der Waals surface area contributed by atoms with Crippen LogP contribution in [0.2, 0.25) is 0 Å². The fraction of sp³-hybridized carbons (Fsp3) is 0.706. The van der Waals surface area contributed by atoms with Gasteiger partial charge in [0, 0.05) is 69.8 Å². The third-order valence-corrected chi connectivity index (χ3v) is 22.5. The Labute approximate surface area is 435 Å². The largest absolute Gasteiger partial charge is 0.366 e. The zero-order valence-electron chi connectivity index (χ0n) is 46.9. The zero-order chi connectivity index (χ0) is 49.6. The maximum absolute atomic E-state index is 3.26. The summed E-state index contributed by atoms with van der Waals surface area (Å²) >= 11 is 0. The van der Waals surface area contributed by atoms with Crippen LogP contribution < -0.4 is 0 Å². The van der Waals surface area contributed by atoms with Crippen molar-refractivity contribution in [3.63, 3.8) is 0 Å². The van der Waals surface area contributed by atoms with E-state index in [0.717, 1.165) is 25.2 Å². The van der Waals surface area contributed by atoms with Crippen LogP contribution in [0.1, 0.15) is 217 Å². The van der Waals surface area contributed by atoms with E-state index in [0.29, 0.717) is 53.4 Å². The molecule has 0 N–H and O–H groups in total. The third kappa shape index (κ3) is 8.63. The minimum absolute atomic E-state index is 0.0776. The van der Waals surface area contributed by atoms with Crippen molar-refractivity contribution in [3.8, 4) is 0 Å². The highest BCUT2D eigenvalue weighted by molar-refractivity contribution is 5.41. The summed E-state index contributed by atoms with van der Waals surface area (Å²) in [6.45, 7) is 25.6. The first-order valence-corrected chi connectivity index (χ1v) is 30.2. The van der Waals surface area contributed by atoms with Gasteiger partial charge < -0.3 is 9.80 Å². The Morgan fingerprint density at radius 3 is 2.08 bits per heavy atom. The number of hydrogen-bond donors (Lipinski definition) is 0. The molecule has 3 nitrogen and oxygen atoms in total. The number of allylic oxidation sites excluding steroid dienone is 14. The fourth-order valence-electron chi connectivity index (χ4n) is 18.7. The van der Waals surface area contributed by atoms with Gasteiger partial charge in [0.1, 0.15) is 0 Å². The van der Waals surface area contributed by atoms with E-state index in [1.807, 2.05) is 11.1 Å². The molecule has 71 heavy (non-hydrogen) atoms. The first-order chi connectivity index (χ1) is 33.9. The van der Waals surface area contributed by atoms with Gasteiger partial charge >= 0.3 is 0 Å². The summed E-state index contributed by atoms with van der Waals surface area (Å²) in [5, 5.41) is 0. The Morgan fingerprint density at radius 1 is 0.662 bits per heavy atom. The van der Waals surface area contributed by atoms with Crippen molar-refractivity contribution >= 4 is 0 Å². The Morgan fingerprint density at radius 2 is 1.44 bits per heavy atom. The standard InChI is InChI=1S/C68H99N3/c1-63(2,3)52-29-33-54(34-30-52)69(55-35-31-53(32-36-55)64(4,5)6)56-45-57(70-61-37-27-50(48-23-15-11-16-24-48)43-59(61)67(65(70,7)8)39-19-13-20-40-67)47-58(46-56)71-62-38-28-51(49-25-17-12-18-26-49)44-60(62)68(66(71,9)10)41-21-14-22-42-68/h11-12,15-17,23,29-31,33,35,43-44,47-50,54,56-57,60-62H,13-14,18-22,24-28,32,34,36-42,45-46H2,1-10H3. The molecule has 0 aromatic carbocycles. The van der Waals surface area contributed by atoms with E-state index in [-0.39, 0.29) is 27.3 Å². The molecule has 2 saturated heterocycles. The second kappa shape index (κ2) is 19.0. The van der Waals surface area contributed by atoms with Gasteiger partial charge in [-0.2, -0.15) is 0 Å². The van der Waals surface area contributed by atoms with Crippen LogP contribution in [0, 0.1) is 45.3 Å². The van der Waals surface area contributed by atoms with Crippen LogP contribution >= 0.6 is 0 Å². The predicted octanol–water partition coefficient (Wildman–Crippen LogP) is 17.6. The fourth-order valence-corrected chi connectivity index (χ4v) is 18.7. The van der Waals surface area contributed by atoms with Gasteiger partial charge in [0.2, 0.25) is 0 Å². The number of likely N-dealkylation sites (tertiary alicyclic amines) is 2. The maximum atomic E-state index is 3.26. The molecule has 11 rings (SSSR count). The molecule has 2 spiro atoms. The third-order valence-electron chi connectivity index (χ3n) is 22.5.